The Morgan fingerprint density at radius 1 is 1.31 bits per heavy atom. The molecular weight excluding hydrogens is 424 g/mol. The van der Waals surface area contributed by atoms with Gasteiger partial charge in [0.1, 0.15) is 6.04 Å². The van der Waals surface area contributed by atoms with E-state index < -0.39 is 35.9 Å². The van der Waals surface area contributed by atoms with Crippen LogP contribution in [0.5, 0.6) is 0 Å². The van der Waals surface area contributed by atoms with Gasteiger partial charge in [0.25, 0.3) is 5.91 Å². The van der Waals surface area contributed by atoms with Crippen LogP contribution in [0.3, 0.4) is 0 Å². The molecular formula is C19H24Cl2FN3O4. The quantitative estimate of drug-likeness (QED) is 0.418. The minimum Gasteiger partial charge on any atom is -0.330 e. The third-order valence-electron chi connectivity index (χ3n) is 4.93. The first kappa shape index (κ1) is 23.4. The average molecular weight is 448 g/mol. The lowest BCUT2D eigenvalue weighted by molar-refractivity contribution is -0.148. The van der Waals surface area contributed by atoms with E-state index in [-0.39, 0.29) is 18.0 Å². The summed E-state index contributed by atoms with van der Waals surface area (Å²) in [5, 5.41) is 12.0. The lowest BCUT2D eigenvalue weighted by Gasteiger charge is -2.29. The molecule has 3 amide bonds. The Hall–Kier alpha value is -1.90. The number of hydroxylamine groups is 1. The normalized spacial score (nSPS) is 18.2. The van der Waals surface area contributed by atoms with E-state index in [0.717, 1.165) is 0 Å². The molecule has 7 nitrogen and oxygen atoms in total. The van der Waals surface area contributed by atoms with Crippen molar-refractivity contribution in [1.29, 1.82) is 0 Å². The highest BCUT2D eigenvalue weighted by Gasteiger charge is 2.41. The summed E-state index contributed by atoms with van der Waals surface area (Å²) in [4.78, 5) is 38.6. The van der Waals surface area contributed by atoms with Gasteiger partial charge in [-0.15, -0.1) is 0 Å². The van der Waals surface area contributed by atoms with Gasteiger partial charge >= 0.3 is 0 Å². The first-order valence-electron chi connectivity index (χ1n) is 9.44. The van der Waals surface area contributed by atoms with Crippen LogP contribution in [0.4, 0.5) is 10.1 Å². The predicted octanol–water partition coefficient (Wildman–Crippen LogP) is 3.57. The van der Waals surface area contributed by atoms with Crippen LogP contribution >= 0.6 is 23.2 Å². The van der Waals surface area contributed by atoms with Crippen molar-refractivity contribution < 1.29 is 24.0 Å². The number of nitrogens with zero attached hydrogens (tertiary/aromatic N) is 1. The SMILES string of the molecule is CCCC[C@@H](C(=O)N1CCCC1C(=O)Nc1ccc(Cl)c(Cl)c1)[C@@H](F)C(=O)NO. The number of carbonyl (C=O) groups excluding carboxylic acids is 3. The van der Waals surface area contributed by atoms with E-state index in [2.05, 4.69) is 5.32 Å². The van der Waals surface area contributed by atoms with Gasteiger partial charge < -0.3 is 10.2 Å². The van der Waals surface area contributed by atoms with Crippen molar-refractivity contribution in [2.45, 2.75) is 51.2 Å². The van der Waals surface area contributed by atoms with Crippen LogP contribution in [0.25, 0.3) is 0 Å². The van der Waals surface area contributed by atoms with Gasteiger partial charge in [-0.25, -0.2) is 9.87 Å². The summed E-state index contributed by atoms with van der Waals surface area (Å²) in [5.74, 6) is -3.57. The summed E-state index contributed by atoms with van der Waals surface area (Å²) < 4.78 is 14.5. The number of likely N-dealkylation sites (tertiary alicyclic amines) is 1. The van der Waals surface area contributed by atoms with Gasteiger partial charge in [-0.1, -0.05) is 43.0 Å². The van der Waals surface area contributed by atoms with Crippen LogP contribution in [0, 0.1) is 5.92 Å². The molecule has 10 heteroatoms. The van der Waals surface area contributed by atoms with E-state index in [1.165, 1.54) is 16.4 Å². The molecule has 1 aliphatic heterocycles. The Bertz CT molecular complexity index is 765. The fourth-order valence-corrected chi connectivity index (χ4v) is 3.68. The Morgan fingerprint density at radius 3 is 2.66 bits per heavy atom. The first-order chi connectivity index (χ1) is 13.8. The Morgan fingerprint density at radius 2 is 2.03 bits per heavy atom. The van der Waals surface area contributed by atoms with Gasteiger partial charge in [0.15, 0.2) is 6.17 Å². The lowest BCUT2D eigenvalue weighted by Crippen LogP contribution is -2.49. The summed E-state index contributed by atoms with van der Waals surface area (Å²) >= 11 is 11.8. The maximum Gasteiger partial charge on any atom is 0.278 e. The minimum absolute atomic E-state index is 0.140. The molecule has 3 N–H and O–H groups in total. The molecule has 160 valence electrons. The van der Waals surface area contributed by atoms with Crippen LogP contribution in [-0.4, -0.2) is 46.6 Å². The molecule has 1 aromatic carbocycles. The number of hydrogen-bond donors (Lipinski definition) is 3. The van der Waals surface area contributed by atoms with Crippen molar-refractivity contribution in [2.75, 3.05) is 11.9 Å². The maximum atomic E-state index is 14.5. The molecule has 1 aliphatic rings. The molecule has 0 saturated carbocycles. The summed E-state index contributed by atoms with van der Waals surface area (Å²) in [6, 6.07) is 3.83. The van der Waals surface area contributed by atoms with Gasteiger partial charge in [0.05, 0.1) is 16.0 Å². The molecule has 0 radical (unpaired) electrons. The third-order valence-corrected chi connectivity index (χ3v) is 5.66. The first-order valence-corrected chi connectivity index (χ1v) is 10.2. The molecule has 0 aliphatic carbocycles. The van der Waals surface area contributed by atoms with Crippen LogP contribution < -0.4 is 10.8 Å². The van der Waals surface area contributed by atoms with E-state index >= 15 is 0 Å². The Labute approximate surface area is 178 Å². The highest BCUT2D eigenvalue weighted by atomic mass is 35.5. The number of unbranched alkanes of at least 4 members (excludes halogenated alkanes) is 1. The van der Waals surface area contributed by atoms with Gasteiger partial charge in [-0.3, -0.25) is 19.6 Å². The van der Waals surface area contributed by atoms with Crippen molar-refractivity contribution >= 4 is 46.6 Å². The Balaban J connectivity index is 2.15. The van der Waals surface area contributed by atoms with Crippen LogP contribution in [-0.2, 0) is 14.4 Å². The standard InChI is InChI=1S/C19H24Cl2FN3O4/c1-2-3-5-12(16(22)18(27)24-29)19(28)25-9-4-6-15(25)17(26)23-11-7-8-13(20)14(21)10-11/h7-8,10,12,15-16,29H,2-6,9H2,1H3,(H,23,26)(H,24,27)/t12-,15?,16-/m1/s1. The van der Waals surface area contributed by atoms with Crippen molar-refractivity contribution in [2.24, 2.45) is 5.92 Å². The largest absolute Gasteiger partial charge is 0.330 e. The zero-order chi connectivity index (χ0) is 21.6. The smallest absolute Gasteiger partial charge is 0.278 e. The maximum absolute atomic E-state index is 14.5. The number of alkyl halides is 1. The van der Waals surface area contributed by atoms with E-state index in [1.54, 1.807) is 12.1 Å². The van der Waals surface area contributed by atoms with E-state index in [0.29, 0.717) is 36.4 Å². The molecule has 1 aromatic rings. The molecule has 1 saturated heterocycles. The molecule has 0 aromatic heterocycles. The van der Waals surface area contributed by atoms with Crippen LogP contribution in [0.2, 0.25) is 10.0 Å². The summed E-state index contributed by atoms with van der Waals surface area (Å²) in [6.07, 6.45) is 0.180. The molecule has 1 heterocycles. The van der Waals surface area contributed by atoms with Crippen molar-refractivity contribution in [1.82, 2.24) is 10.4 Å². The Kier molecular flexibility index (Phi) is 8.67. The van der Waals surface area contributed by atoms with Gasteiger partial charge in [0.2, 0.25) is 11.8 Å². The average Bonchev–Trinajstić information content (AvgIpc) is 3.20. The highest BCUT2D eigenvalue weighted by Crippen LogP contribution is 2.28. The number of amides is 3. The van der Waals surface area contributed by atoms with Crippen LogP contribution in [0.1, 0.15) is 39.0 Å². The number of halogens is 3. The number of anilines is 1. The molecule has 0 bridgehead atoms. The number of rotatable bonds is 8. The molecule has 29 heavy (non-hydrogen) atoms. The molecule has 0 spiro atoms. The lowest BCUT2D eigenvalue weighted by atomic mass is 9.94. The fraction of sp³-hybridized carbons (Fsp3) is 0.526. The topological polar surface area (TPSA) is 98.7 Å². The van der Waals surface area contributed by atoms with E-state index in [4.69, 9.17) is 28.4 Å². The summed E-state index contributed by atoms with van der Waals surface area (Å²) in [5.41, 5.74) is 1.68. The highest BCUT2D eigenvalue weighted by molar-refractivity contribution is 6.42. The number of nitrogens with one attached hydrogen (secondary N) is 2. The van der Waals surface area contributed by atoms with Crippen molar-refractivity contribution in [3.05, 3.63) is 28.2 Å². The fourth-order valence-electron chi connectivity index (χ4n) is 3.38. The molecule has 2 rings (SSSR count). The minimum atomic E-state index is -2.20. The summed E-state index contributed by atoms with van der Waals surface area (Å²) in [7, 11) is 0. The van der Waals surface area contributed by atoms with Crippen LogP contribution in [0.15, 0.2) is 18.2 Å². The number of carbonyl (C=O) groups is 3. The monoisotopic (exact) mass is 447 g/mol. The van der Waals surface area contributed by atoms with Gasteiger partial charge in [-0.2, -0.15) is 0 Å². The van der Waals surface area contributed by atoms with Gasteiger partial charge in [-0.05, 0) is 37.5 Å². The second-order valence-electron chi connectivity index (χ2n) is 6.93. The van der Waals surface area contributed by atoms with E-state index in [9.17, 15) is 18.8 Å². The second kappa shape index (κ2) is 10.8. The summed E-state index contributed by atoms with van der Waals surface area (Å²) in [6.45, 7) is 2.17. The second-order valence-corrected chi connectivity index (χ2v) is 7.75. The molecule has 1 fully saturated rings. The zero-order valence-electron chi connectivity index (χ0n) is 16.0. The van der Waals surface area contributed by atoms with Crippen molar-refractivity contribution in [3.63, 3.8) is 0 Å². The predicted molar refractivity (Wildman–Crippen MR) is 108 cm³/mol. The van der Waals surface area contributed by atoms with Gasteiger partial charge in [0, 0.05) is 12.2 Å². The number of hydrogen-bond acceptors (Lipinski definition) is 4. The van der Waals surface area contributed by atoms with E-state index in [1.807, 2.05) is 6.92 Å². The third kappa shape index (κ3) is 5.81. The zero-order valence-corrected chi connectivity index (χ0v) is 17.5. The van der Waals surface area contributed by atoms with Crippen molar-refractivity contribution in [3.8, 4) is 0 Å². The molecule has 3 atom stereocenters. The number of benzene rings is 1. The molecule has 1 unspecified atom stereocenters.